The Kier molecular flexibility index (Phi) is 5.41. The number of methoxy groups -OCH3 is 1. The van der Waals surface area contributed by atoms with Crippen molar-refractivity contribution in [3.05, 3.63) is 36.5 Å². The highest BCUT2D eigenvalue weighted by molar-refractivity contribution is 5.91. The Morgan fingerprint density at radius 1 is 1.27 bits per heavy atom. The fourth-order valence-electron chi connectivity index (χ4n) is 1.94. The van der Waals surface area contributed by atoms with E-state index in [0.29, 0.717) is 11.6 Å². The molecule has 0 bridgehead atoms. The molecule has 0 aliphatic carbocycles. The van der Waals surface area contributed by atoms with Crippen LogP contribution in [-0.2, 0) is 4.79 Å². The zero-order chi connectivity index (χ0) is 15.9. The fraction of sp³-hybridized carbons (Fsp3) is 0.375. The van der Waals surface area contributed by atoms with Crippen LogP contribution in [0.5, 0.6) is 11.5 Å². The number of carbonyl (C=O) groups excluding carboxylic acids is 1. The van der Waals surface area contributed by atoms with Crippen molar-refractivity contribution in [2.75, 3.05) is 19.0 Å². The van der Waals surface area contributed by atoms with Gasteiger partial charge in [0, 0.05) is 6.07 Å². The SMILES string of the molecule is CC[C@H](C)n1nccc1NC(=O)COc1ccc(OC)cc1. The van der Waals surface area contributed by atoms with E-state index in [1.807, 2.05) is 0 Å². The van der Waals surface area contributed by atoms with E-state index in [4.69, 9.17) is 9.47 Å². The standard InChI is InChI=1S/C16H21N3O3/c1-4-12(2)19-15(9-10-17-19)18-16(20)11-22-14-7-5-13(21-3)6-8-14/h5-10,12H,4,11H2,1-3H3,(H,18,20)/t12-/m0/s1. The molecule has 0 unspecified atom stereocenters. The van der Waals surface area contributed by atoms with Crippen LogP contribution in [0.2, 0.25) is 0 Å². The Morgan fingerprint density at radius 2 is 1.95 bits per heavy atom. The van der Waals surface area contributed by atoms with Gasteiger partial charge in [-0.25, -0.2) is 4.68 Å². The van der Waals surface area contributed by atoms with E-state index in [1.54, 1.807) is 48.3 Å². The van der Waals surface area contributed by atoms with Crippen LogP contribution in [0.25, 0.3) is 0 Å². The quantitative estimate of drug-likeness (QED) is 0.854. The largest absolute Gasteiger partial charge is 0.497 e. The van der Waals surface area contributed by atoms with E-state index in [2.05, 4.69) is 24.3 Å². The lowest BCUT2D eigenvalue weighted by molar-refractivity contribution is -0.118. The molecule has 0 saturated carbocycles. The molecule has 2 aromatic rings. The molecule has 1 aromatic carbocycles. The van der Waals surface area contributed by atoms with Gasteiger partial charge in [-0.1, -0.05) is 6.92 Å². The van der Waals surface area contributed by atoms with Crippen molar-refractivity contribution in [1.82, 2.24) is 9.78 Å². The van der Waals surface area contributed by atoms with Crippen LogP contribution in [-0.4, -0.2) is 29.4 Å². The third-order valence-corrected chi connectivity index (χ3v) is 3.38. The minimum absolute atomic E-state index is 0.0575. The number of benzene rings is 1. The lowest BCUT2D eigenvalue weighted by Crippen LogP contribution is -2.22. The van der Waals surface area contributed by atoms with Crippen molar-refractivity contribution in [2.45, 2.75) is 26.3 Å². The molecule has 22 heavy (non-hydrogen) atoms. The summed E-state index contributed by atoms with van der Waals surface area (Å²) in [6, 6.07) is 9.09. The van der Waals surface area contributed by atoms with E-state index in [0.717, 1.165) is 12.2 Å². The smallest absolute Gasteiger partial charge is 0.263 e. The van der Waals surface area contributed by atoms with E-state index in [9.17, 15) is 4.79 Å². The highest BCUT2D eigenvalue weighted by atomic mass is 16.5. The molecule has 0 aliphatic rings. The molecular formula is C16H21N3O3. The lowest BCUT2D eigenvalue weighted by atomic mass is 10.3. The highest BCUT2D eigenvalue weighted by Crippen LogP contribution is 2.18. The third kappa shape index (κ3) is 4.00. The van der Waals surface area contributed by atoms with Gasteiger partial charge in [-0.05, 0) is 37.6 Å². The summed E-state index contributed by atoms with van der Waals surface area (Å²) in [5.41, 5.74) is 0. The average Bonchev–Trinajstić information content (AvgIpc) is 3.00. The summed E-state index contributed by atoms with van der Waals surface area (Å²) in [6.07, 6.45) is 2.61. The van der Waals surface area contributed by atoms with Crippen molar-refractivity contribution >= 4 is 11.7 Å². The van der Waals surface area contributed by atoms with Crippen LogP contribution < -0.4 is 14.8 Å². The molecule has 6 nitrogen and oxygen atoms in total. The predicted molar refractivity (Wildman–Crippen MR) is 84.3 cm³/mol. The zero-order valence-electron chi connectivity index (χ0n) is 13.1. The second-order valence-electron chi connectivity index (χ2n) is 4.93. The second kappa shape index (κ2) is 7.49. The number of carbonyl (C=O) groups is 1. The summed E-state index contributed by atoms with van der Waals surface area (Å²) in [6.45, 7) is 4.07. The third-order valence-electron chi connectivity index (χ3n) is 3.38. The molecule has 1 N–H and O–H groups in total. The molecule has 1 heterocycles. The summed E-state index contributed by atoms with van der Waals surface area (Å²) in [7, 11) is 1.60. The van der Waals surface area contributed by atoms with E-state index < -0.39 is 0 Å². The molecule has 0 radical (unpaired) electrons. The first kappa shape index (κ1) is 15.9. The summed E-state index contributed by atoms with van der Waals surface area (Å²) >= 11 is 0. The molecule has 6 heteroatoms. The number of aromatic nitrogens is 2. The maximum absolute atomic E-state index is 12.0. The van der Waals surface area contributed by atoms with Gasteiger partial charge in [-0.2, -0.15) is 5.10 Å². The van der Waals surface area contributed by atoms with Gasteiger partial charge >= 0.3 is 0 Å². The molecule has 118 valence electrons. The Labute approximate surface area is 130 Å². The van der Waals surface area contributed by atoms with Crippen LogP contribution in [0.3, 0.4) is 0 Å². The lowest BCUT2D eigenvalue weighted by Gasteiger charge is -2.14. The van der Waals surface area contributed by atoms with Crippen molar-refractivity contribution < 1.29 is 14.3 Å². The maximum Gasteiger partial charge on any atom is 0.263 e. The number of rotatable bonds is 7. The maximum atomic E-state index is 12.0. The van der Waals surface area contributed by atoms with Crippen molar-refractivity contribution in [1.29, 1.82) is 0 Å². The van der Waals surface area contributed by atoms with Crippen molar-refractivity contribution in [3.8, 4) is 11.5 Å². The van der Waals surface area contributed by atoms with Gasteiger partial charge in [0.25, 0.3) is 5.91 Å². The number of nitrogens with zero attached hydrogens (tertiary/aromatic N) is 2. The molecule has 0 aliphatic heterocycles. The number of hydrogen-bond donors (Lipinski definition) is 1. The molecular weight excluding hydrogens is 282 g/mol. The van der Waals surface area contributed by atoms with E-state index in [1.165, 1.54) is 0 Å². The molecule has 2 rings (SSSR count). The molecule has 0 fully saturated rings. The van der Waals surface area contributed by atoms with E-state index in [-0.39, 0.29) is 18.6 Å². The average molecular weight is 303 g/mol. The second-order valence-corrected chi connectivity index (χ2v) is 4.93. The number of nitrogens with one attached hydrogen (secondary N) is 1. The van der Waals surface area contributed by atoms with Crippen molar-refractivity contribution in [3.63, 3.8) is 0 Å². The summed E-state index contributed by atoms with van der Waals surface area (Å²) in [5.74, 6) is 1.82. The molecule has 1 aromatic heterocycles. The fourth-order valence-corrected chi connectivity index (χ4v) is 1.94. The minimum Gasteiger partial charge on any atom is -0.497 e. The van der Waals surface area contributed by atoms with Gasteiger partial charge in [-0.15, -0.1) is 0 Å². The normalized spacial score (nSPS) is 11.8. The summed E-state index contributed by atoms with van der Waals surface area (Å²) < 4.78 is 12.3. The monoisotopic (exact) mass is 303 g/mol. The highest BCUT2D eigenvalue weighted by Gasteiger charge is 2.11. The summed E-state index contributed by atoms with van der Waals surface area (Å²) in [4.78, 5) is 12.0. The first-order chi connectivity index (χ1) is 10.6. The van der Waals surface area contributed by atoms with Crippen molar-refractivity contribution in [2.24, 2.45) is 0 Å². The number of hydrogen-bond acceptors (Lipinski definition) is 4. The van der Waals surface area contributed by atoms with Crippen LogP contribution in [0, 0.1) is 0 Å². The topological polar surface area (TPSA) is 65.4 Å². The molecule has 0 spiro atoms. The number of amides is 1. The van der Waals surface area contributed by atoms with Crippen LogP contribution in [0.4, 0.5) is 5.82 Å². The van der Waals surface area contributed by atoms with E-state index >= 15 is 0 Å². The Morgan fingerprint density at radius 3 is 2.59 bits per heavy atom. The zero-order valence-corrected chi connectivity index (χ0v) is 13.1. The van der Waals surface area contributed by atoms with Gasteiger partial charge in [0.2, 0.25) is 0 Å². The Hall–Kier alpha value is -2.50. The van der Waals surface area contributed by atoms with Gasteiger partial charge in [0.15, 0.2) is 6.61 Å². The first-order valence-corrected chi connectivity index (χ1v) is 7.24. The Balaban J connectivity index is 1.89. The molecule has 0 saturated heterocycles. The van der Waals surface area contributed by atoms with Crippen LogP contribution in [0.15, 0.2) is 36.5 Å². The van der Waals surface area contributed by atoms with Gasteiger partial charge in [-0.3, -0.25) is 4.79 Å². The van der Waals surface area contributed by atoms with Gasteiger partial charge < -0.3 is 14.8 Å². The Bertz CT molecular complexity index is 607. The molecule has 1 amide bonds. The van der Waals surface area contributed by atoms with Crippen LogP contribution in [0.1, 0.15) is 26.3 Å². The van der Waals surface area contributed by atoms with Gasteiger partial charge in [0.05, 0.1) is 19.3 Å². The molecule has 1 atom stereocenters. The number of ether oxygens (including phenoxy) is 2. The number of anilines is 1. The minimum atomic E-state index is -0.221. The van der Waals surface area contributed by atoms with Gasteiger partial charge in [0.1, 0.15) is 17.3 Å². The first-order valence-electron chi connectivity index (χ1n) is 7.24. The van der Waals surface area contributed by atoms with Crippen LogP contribution >= 0.6 is 0 Å². The summed E-state index contributed by atoms with van der Waals surface area (Å²) in [5, 5.41) is 7.04. The predicted octanol–water partition coefficient (Wildman–Crippen LogP) is 2.88.